The molecular formula is C22H25BrN4O3S. The van der Waals surface area contributed by atoms with Crippen molar-refractivity contribution in [1.29, 1.82) is 0 Å². The summed E-state index contributed by atoms with van der Waals surface area (Å²) in [4.78, 5) is 21.5. The number of hydrogen-bond donors (Lipinski definition) is 2. The number of anilines is 2. The van der Waals surface area contributed by atoms with E-state index in [0.717, 1.165) is 16.6 Å². The number of halogens is 1. The molecule has 2 heterocycles. The van der Waals surface area contributed by atoms with Gasteiger partial charge in [0, 0.05) is 42.2 Å². The van der Waals surface area contributed by atoms with E-state index in [1.165, 1.54) is 18.4 Å². The number of nitrogens with zero attached hydrogens (tertiary/aromatic N) is 2. The van der Waals surface area contributed by atoms with Gasteiger partial charge in [0.2, 0.25) is 0 Å². The van der Waals surface area contributed by atoms with Crippen molar-refractivity contribution in [1.82, 2.24) is 15.3 Å². The zero-order chi connectivity index (χ0) is 22.3. The number of thiazole rings is 1. The van der Waals surface area contributed by atoms with Crippen LogP contribution in [0.1, 0.15) is 26.0 Å². The minimum Gasteiger partial charge on any atom is -0.453 e. The summed E-state index contributed by atoms with van der Waals surface area (Å²) in [6.45, 7) is 4.39. The normalized spacial score (nSPS) is 12.8. The monoisotopic (exact) mass is 504 g/mol. The lowest BCUT2D eigenvalue weighted by atomic mass is 9.99. The molecule has 1 amide bonds. The van der Waals surface area contributed by atoms with Crippen molar-refractivity contribution in [3.05, 3.63) is 58.1 Å². The molecular weight excluding hydrogens is 480 g/mol. The molecule has 3 aromatic rings. The average Bonchev–Trinajstić information content (AvgIpc) is 3.21. The maximum atomic E-state index is 12.5. The fraction of sp³-hybridized carbons (Fsp3) is 0.318. The van der Waals surface area contributed by atoms with Crippen LogP contribution in [0.4, 0.5) is 10.9 Å². The minimum atomic E-state index is -0.988. The summed E-state index contributed by atoms with van der Waals surface area (Å²) in [6, 6.07) is 11.3. The molecule has 1 unspecified atom stereocenters. The standard InChI is InChI=1S/C22H25BrN4O3S/c1-4-10-24-20(28)22(2,29-3)12-16-14-31-21(26-16)27-19-18(11-15(23)13-25-19)30-17-8-6-5-7-9-17/h5-9,11,13-14H,4,10,12H2,1-3H3,(H,24,28)(H,25,26,27). The molecule has 0 aliphatic carbocycles. The third-order valence-corrected chi connectivity index (χ3v) is 5.79. The Morgan fingerprint density at radius 3 is 2.77 bits per heavy atom. The Bertz CT molecular complexity index is 1020. The van der Waals surface area contributed by atoms with Gasteiger partial charge in [0.1, 0.15) is 11.4 Å². The van der Waals surface area contributed by atoms with Crippen LogP contribution in [0.2, 0.25) is 0 Å². The van der Waals surface area contributed by atoms with Gasteiger partial charge in [0.25, 0.3) is 5.91 Å². The first-order chi connectivity index (χ1) is 14.9. The van der Waals surface area contributed by atoms with E-state index < -0.39 is 5.60 Å². The van der Waals surface area contributed by atoms with Crippen molar-refractivity contribution in [2.24, 2.45) is 0 Å². The maximum absolute atomic E-state index is 12.5. The number of ether oxygens (including phenoxy) is 2. The topological polar surface area (TPSA) is 85.4 Å². The van der Waals surface area contributed by atoms with Crippen LogP contribution in [0.15, 0.2) is 52.4 Å². The number of methoxy groups -OCH3 is 1. The highest BCUT2D eigenvalue weighted by molar-refractivity contribution is 9.10. The summed E-state index contributed by atoms with van der Waals surface area (Å²) in [6.07, 6.45) is 2.91. The van der Waals surface area contributed by atoms with Crippen molar-refractivity contribution in [3.8, 4) is 11.5 Å². The van der Waals surface area contributed by atoms with Crippen molar-refractivity contribution in [2.45, 2.75) is 32.3 Å². The van der Waals surface area contributed by atoms with E-state index in [0.29, 0.717) is 35.4 Å². The first-order valence-electron chi connectivity index (χ1n) is 9.87. The quantitative estimate of drug-likeness (QED) is 0.389. The van der Waals surface area contributed by atoms with Gasteiger partial charge in [0.05, 0.1) is 5.69 Å². The van der Waals surface area contributed by atoms with E-state index in [9.17, 15) is 4.79 Å². The number of amides is 1. The van der Waals surface area contributed by atoms with Crippen LogP contribution in [0.5, 0.6) is 11.5 Å². The molecule has 0 fully saturated rings. The number of carbonyl (C=O) groups is 1. The lowest BCUT2D eigenvalue weighted by molar-refractivity contribution is -0.141. The molecule has 31 heavy (non-hydrogen) atoms. The summed E-state index contributed by atoms with van der Waals surface area (Å²) >= 11 is 4.86. The molecule has 164 valence electrons. The van der Waals surface area contributed by atoms with Crippen LogP contribution in [-0.4, -0.2) is 35.1 Å². The Labute approximate surface area is 194 Å². The summed E-state index contributed by atoms with van der Waals surface area (Å²) in [5.74, 6) is 1.67. The lowest BCUT2D eigenvalue weighted by Crippen LogP contribution is -2.47. The number of carbonyl (C=O) groups excluding carboxylic acids is 1. The number of aromatic nitrogens is 2. The fourth-order valence-electron chi connectivity index (χ4n) is 2.77. The molecule has 9 heteroatoms. The maximum Gasteiger partial charge on any atom is 0.252 e. The number of hydrogen-bond acceptors (Lipinski definition) is 7. The molecule has 7 nitrogen and oxygen atoms in total. The first-order valence-corrected chi connectivity index (χ1v) is 11.5. The number of nitrogens with one attached hydrogen (secondary N) is 2. The lowest BCUT2D eigenvalue weighted by Gasteiger charge is -2.26. The molecule has 0 saturated heterocycles. The fourth-order valence-corrected chi connectivity index (χ4v) is 3.79. The van der Waals surface area contributed by atoms with Crippen LogP contribution in [-0.2, 0) is 16.0 Å². The van der Waals surface area contributed by atoms with Crippen LogP contribution < -0.4 is 15.4 Å². The first kappa shape index (κ1) is 23.2. The summed E-state index contributed by atoms with van der Waals surface area (Å²) in [7, 11) is 1.54. The van der Waals surface area contributed by atoms with E-state index >= 15 is 0 Å². The van der Waals surface area contributed by atoms with Gasteiger partial charge in [-0.05, 0) is 41.4 Å². The van der Waals surface area contributed by atoms with Crippen LogP contribution in [0.25, 0.3) is 0 Å². The van der Waals surface area contributed by atoms with Gasteiger partial charge >= 0.3 is 0 Å². The molecule has 0 aliphatic rings. The number of para-hydroxylation sites is 1. The van der Waals surface area contributed by atoms with Crippen LogP contribution >= 0.6 is 27.3 Å². The highest BCUT2D eigenvalue weighted by Crippen LogP contribution is 2.33. The molecule has 0 spiro atoms. The van der Waals surface area contributed by atoms with Crippen LogP contribution in [0.3, 0.4) is 0 Å². The Morgan fingerprint density at radius 1 is 1.29 bits per heavy atom. The van der Waals surface area contributed by atoms with Crippen molar-refractivity contribution >= 4 is 44.1 Å². The van der Waals surface area contributed by atoms with Crippen molar-refractivity contribution in [2.75, 3.05) is 19.0 Å². The summed E-state index contributed by atoms with van der Waals surface area (Å²) in [5, 5.41) is 8.66. The number of rotatable bonds is 10. The zero-order valence-electron chi connectivity index (χ0n) is 17.6. The van der Waals surface area contributed by atoms with E-state index in [2.05, 4.69) is 36.5 Å². The summed E-state index contributed by atoms with van der Waals surface area (Å²) in [5.41, 5.74) is -0.232. The molecule has 2 aromatic heterocycles. The molecule has 1 atom stereocenters. The second kappa shape index (κ2) is 10.7. The second-order valence-corrected chi connectivity index (χ2v) is 8.83. The summed E-state index contributed by atoms with van der Waals surface area (Å²) < 4.78 is 12.3. The predicted molar refractivity (Wildman–Crippen MR) is 126 cm³/mol. The number of benzene rings is 1. The molecule has 0 bridgehead atoms. The van der Waals surface area contributed by atoms with Gasteiger partial charge in [-0.2, -0.15) is 0 Å². The highest BCUT2D eigenvalue weighted by Gasteiger charge is 2.34. The third kappa shape index (κ3) is 6.25. The van der Waals surface area contributed by atoms with E-state index in [1.54, 1.807) is 13.1 Å². The molecule has 1 aromatic carbocycles. The zero-order valence-corrected chi connectivity index (χ0v) is 20.0. The van der Waals surface area contributed by atoms with E-state index in [-0.39, 0.29) is 5.91 Å². The van der Waals surface area contributed by atoms with Gasteiger partial charge in [-0.25, -0.2) is 9.97 Å². The second-order valence-electron chi connectivity index (χ2n) is 7.05. The SMILES string of the molecule is CCCNC(=O)C(C)(Cc1csc(Nc2ncc(Br)cc2Oc2ccccc2)n1)OC. The Morgan fingerprint density at radius 2 is 2.06 bits per heavy atom. The van der Waals surface area contributed by atoms with Crippen LogP contribution in [0, 0.1) is 0 Å². The van der Waals surface area contributed by atoms with Crippen molar-refractivity contribution < 1.29 is 14.3 Å². The van der Waals surface area contributed by atoms with E-state index in [1.807, 2.05) is 48.7 Å². The van der Waals surface area contributed by atoms with Gasteiger partial charge in [0.15, 0.2) is 16.7 Å². The number of pyridine rings is 1. The molecule has 3 rings (SSSR count). The van der Waals surface area contributed by atoms with Gasteiger partial charge in [-0.15, -0.1) is 11.3 Å². The Hall–Kier alpha value is -2.49. The molecule has 0 aliphatic heterocycles. The largest absolute Gasteiger partial charge is 0.453 e. The van der Waals surface area contributed by atoms with Crippen molar-refractivity contribution in [3.63, 3.8) is 0 Å². The Kier molecular flexibility index (Phi) is 8.00. The third-order valence-electron chi connectivity index (χ3n) is 4.55. The Balaban J connectivity index is 1.74. The average molecular weight is 505 g/mol. The van der Waals surface area contributed by atoms with Gasteiger partial charge in [-0.3, -0.25) is 4.79 Å². The van der Waals surface area contributed by atoms with E-state index in [4.69, 9.17) is 9.47 Å². The predicted octanol–water partition coefficient (Wildman–Crippen LogP) is 5.31. The minimum absolute atomic E-state index is 0.146. The smallest absolute Gasteiger partial charge is 0.252 e. The molecule has 2 N–H and O–H groups in total. The van der Waals surface area contributed by atoms with Gasteiger partial charge < -0.3 is 20.1 Å². The molecule has 0 saturated carbocycles. The highest BCUT2D eigenvalue weighted by atomic mass is 79.9. The van der Waals surface area contributed by atoms with Gasteiger partial charge in [-0.1, -0.05) is 25.1 Å². The molecule has 0 radical (unpaired) electrons.